The minimum absolute atomic E-state index is 0.115. The SMILES string of the molecule is O=C(NC1CC1)C1CCc2c(I)cnn2C1. The van der Waals surface area contributed by atoms with Crippen molar-refractivity contribution in [2.24, 2.45) is 5.92 Å². The number of nitrogens with one attached hydrogen (secondary N) is 1. The fourth-order valence-corrected chi connectivity index (χ4v) is 2.84. The Hall–Kier alpha value is -0.590. The summed E-state index contributed by atoms with van der Waals surface area (Å²) in [6, 6.07) is 0.464. The maximum absolute atomic E-state index is 11.9. The number of aromatic nitrogens is 2. The van der Waals surface area contributed by atoms with Gasteiger partial charge in [-0.05, 0) is 48.3 Å². The zero-order valence-corrected chi connectivity index (χ0v) is 11.1. The second-order valence-electron chi connectivity index (χ2n) is 4.64. The summed E-state index contributed by atoms with van der Waals surface area (Å²) >= 11 is 2.31. The van der Waals surface area contributed by atoms with Gasteiger partial charge in [-0.1, -0.05) is 0 Å². The van der Waals surface area contributed by atoms with E-state index in [0.29, 0.717) is 6.04 Å². The van der Waals surface area contributed by atoms with Crippen LogP contribution in [0.15, 0.2) is 6.20 Å². The van der Waals surface area contributed by atoms with Crippen molar-refractivity contribution in [3.8, 4) is 0 Å². The van der Waals surface area contributed by atoms with Crippen LogP contribution in [0.4, 0.5) is 0 Å². The first-order chi connectivity index (χ1) is 7.74. The molecule has 0 spiro atoms. The fourth-order valence-electron chi connectivity index (χ4n) is 2.17. The summed E-state index contributed by atoms with van der Waals surface area (Å²) in [6.07, 6.45) is 6.13. The quantitative estimate of drug-likeness (QED) is 0.831. The molecule has 0 aromatic carbocycles. The maximum atomic E-state index is 11.9. The van der Waals surface area contributed by atoms with Crippen molar-refractivity contribution < 1.29 is 4.79 Å². The lowest BCUT2D eigenvalue weighted by molar-refractivity contribution is -0.126. The van der Waals surface area contributed by atoms with Gasteiger partial charge in [0.1, 0.15) is 0 Å². The van der Waals surface area contributed by atoms with E-state index < -0.39 is 0 Å². The molecule has 1 saturated carbocycles. The molecule has 16 heavy (non-hydrogen) atoms. The number of carbonyl (C=O) groups is 1. The highest BCUT2D eigenvalue weighted by atomic mass is 127. The van der Waals surface area contributed by atoms with Crippen LogP contribution in [-0.2, 0) is 17.8 Å². The molecule has 0 saturated heterocycles. The van der Waals surface area contributed by atoms with Crippen LogP contribution in [0.1, 0.15) is 25.0 Å². The smallest absolute Gasteiger partial charge is 0.225 e. The largest absolute Gasteiger partial charge is 0.353 e. The van der Waals surface area contributed by atoms with E-state index in [1.807, 2.05) is 10.9 Å². The molecule has 4 nitrogen and oxygen atoms in total. The molecule has 3 rings (SSSR count). The van der Waals surface area contributed by atoms with Gasteiger partial charge in [0.15, 0.2) is 0 Å². The molecule has 1 N–H and O–H groups in total. The summed E-state index contributed by atoms with van der Waals surface area (Å²) in [5.74, 6) is 0.336. The van der Waals surface area contributed by atoms with Crippen LogP contribution < -0.4 is 5.32 Å². The average Bonchev–Trinajstić information content (AvgIpc) is 3.02. The summed E-state index contributed by atoms with van der Waals surface area (Å²) in [7, 11) is 0. The number of carbonyl (C=O) groups excluding carboxylic acids is 1. The Morgan fingerprint density at radius 1 is 1.50 bits per heavy atom. The number of hydrogen-bond acceptors (Lipinski definition) is 2. The second kappa shape index (κ2) is 4.01. The molecule has 1 unspecified atom stereocenters. The van der Waals surface area contributed by atoms with E-state index in [1.165, 1.54) is 9.26 Å². The van der Waals surface area contributed by atoms with Gasteiger partial charge in [-0.15, -0.1) is 0 Å². The van der Waals surface area contributed by atoms with Crippen LogP contribution in [0.3, 0.4) is 0 Å². The topological polar surface area (TPSA) is 46.9 Å². The molecule has 1 aromatic heterocycles. The summed E-state index contributed by atoms with van der Waals surface area (Å²) in [6.45, 7) is 0.747. The first-order valence-electron chi connectivity index (χ1n) is 5.74. The Kier molecular flexibility index (Phi) is 2.65. The standard InChI is InChI=1S/C11H14IN3O/c12-9-5-13-15-6-7(1-4-10(9)15)11(16)14-8-2-3-8/h5,7-8H,1-4,6H2,(H,14,16). The summed E-state index contributed by atoms with van der Waals surface area (Å²) in [4.78, 5) is 11.9. The van der Waals surface area contributed by atoms with Gasteiger partial charge in [-0.3, -0.25) is 9.48 Å². The van der Waals surface area contributed by atoms with Crippen LogP contribution >= 0.6 is 22.6 Å². The predicted octanol–water partition coefficient (Wildman–Crippen LogP) is 1.33. The summed E-state index contributed by atoms with van der Waals surface area (Å²) in [5.41, 5.74) is 1.29. The first kappa shape index (κ1) is 10.6. The molecule has 1 atom stereocenters. The summed E-state index contributed by atoms with van der Waals surface area (Å²) < 4.78 is 3.21. The maximum Gasteiger partial charge on any atom is 0.225 e. The molecule has 0 bridgehead atoms. The number of fused-ring (bicyclic) bond motifs is 1. The van der Waals surface area contributed by atoms with E-state index in [1.54, 1.807) is 0 Å². The van der Waals surface area contributed by atoms with Crippen LogP contribution in [0.25, 0.3) is 0 Å². The number of hydrogen-bond donors (Lipinski definition) is 1. The third-order valence-electron chi connectivity index (χ3n) is 3.32. The molecule has 1 amide bonds. The summed E-state index contributed by atoms with van der Waals surface area (Å²) in [5, 5.41) is 7.39. The molecule has 86 valence electrons. The Morgan fingerprint density at radius 2 is 2.31 bits per heavy atom. The van der Waals surface area contributed by atoms with E-state index in [-0.39, 0.29) is 11.8 Å². The fraction of sp³-hybridized carbons (Fsp3) is 0.636. The van der Waals surface area contributed by atoms with Gasteiger partial charge in [0.2, 0.25) is 5.91 Å². The Balaban J connectivity index is 1.69. The van der Waals surface area contributed by atoms with Crippen molar-refractivity contribution in [2.75, 3.05) is 0 Å². The average molecular weight is 331 g/mol. The highest BCUT2D eigenvalue weighted by molar-refractivity contribution is 14.1. The zero-order valence-electron chi connectivity index (χ0n) is 8.95. The predicted molar refractivity (Wildman–Crippen MR) is 67.9 cm³/mol. The molecular formula is C11H14IN3O. The van der Waals surface area contributed by atoms with Gasteiger partial charge < -0.3 is 5.32 Å². The minimum Gasteiger partial charge on any atom is -0.353 e. The molecule has 1 aliphatic heterocycles. The molecule has 5 heteroatoms. The van der Waals surface area contributed by atoms with E-state index in [0.717, 1.165) is 32.2 Å². The number of rotatable bonds is 2. The normalized spacial score (nSPS) is 23.9. The molecule has 1 aromatic rings. The monoisotopic (exact) mass is 331 g/mol. The van der Waals surface area contributed by atoms with Crippen molar-refractivity contribution in [3.63, 3.8) is 0 Å². The number of halogens is 1. The zero-order chi connectivity index (χ0) is 11.1. The van der Waals surface area contributed by atoms with Gasteiger partial charge in [0, 0.05) is 6.04 Å². The van der Waals surface area contributed by atoms with Crippen LogP contribution in [0.2, 0.25) is 0 Å². The second-order valence-corrected chi connectivity index (χ2v) is 5.80. The molecule has 0 radical (unpaired) electrons. The van der Waals surface area contributed by atoms with E-state index in [2.05, 4.69) is 33.0 Å². The van der Waals surface area contributed by atoms with E-state index in [9.17, 15) is 4.79 Å². The third-order valence-corrected chi connectivity index (χ3v) is 4.22. The van der Waals surface area contributed by atoms with Gasteiger partial charge in [0.25, 0.3) is 0 Å². The molecule has 2 aliphatic rings. The van der Waals surface area contributed by atoms with Gasteiger partial charge in [-0.25, -0.2) is 0 Å². The van der Waals surface area contributed by atoms with Gasteiger partial charge >= 0.3 is 0 Å². The Bertz CT molecular complexity index is 425. The highest BCUT2D eigenvalue weighted by Crippen LogP contribution is 2.25. The Labute approximate surface area is 108 Å². The van der Waals surface area contributed by atoms with Crippen molar-refractivity contribution in [1.29, 1.82) is 0 Å². The highest BCUT2D eigenvalue weighted by Gasteiger charge is 2.30. The number of amides is 1. The molecular weight excluding hydrogens is 317 g/mol. The van der Waals surface area contributed by atoms with Crippen molar-refractivity contribution in [3.05, 3.63) is 15.5 Å². The minimum atomic E-state index is 0.115. The molecule has 1 aliphatic carbocycles. The van der Waals surface area contributed by atoms with Crippen molar-refractivity contribution >= 4 is 28.5 Å². The van der Waals surface area contributed by atoms with Crippen LogP contribution in [0.5, 0.6) is 0 Å². The Morgan fingerprint density at radius 3 is 3.06 bits per heavy atom. The lowest BCUT2D eigenvalue weighted by Gasteiger charge is -2.23. The molecule has 1 fully saturated rings. The van der Waals surface area contributed by atoms with E-state index in [4.69, 9.17) is 0 Å². The first-order valence-corrected chi connectivity index (χ1v) is 6.82. The van der Waals surface area contributed by atoms with Gasteiger partial charge in [0.05, 0.1) is 27.9 Å². The third kappa shape index (κ3) is 1.97. The van der Waals surface area contributed by atoms with Crippen LogP contribution in [0, 0.1) is 9.49 Å². The lowest BCUT2D eigenvalue weighted by atomic mass is 9.97. The van der Waals surface area contributed by atoms with Crippen molar-refractivity contribution in [2.45, 2.75) is 38.3 Å². The van der Waals surface area contributed by atoms with E-state index >= 15 is 0 Å². The van der Waals surface area contributed by atoms with Gasteiger partial charge in [-0.2, -0.15) is 5.10 Å². The molecule has 2 heterocycles. The van der Waals surface area contributed by atoms with Crippen molar-refractivity contribution in [1.82, 2.24) is 15.1 Å². The lowest BCUT2D eigenvalue weighted by Crippen LogP contribution is -2.37. The number of nitrogens with zero attached hydrogens (tertiary/aromatic N) is 2. The van der Waals surface area contributed by atoms with Crippen LogP contribution in [-0.4, -0.2) is 21.7 Å².